The Morgan fingerprint density at radius 1 is 1.69 bits per heavy atom. The minimum Gasteiger partial charge on any atom is -0.345 e. The molecule has 0 aliphatic carbocycles. The van der Waals surface area contributed by atoms with Gasteiger partial charge in [0.2, 0.25) is 0 Å². The zero-order valence-electron chi connectivity index (χ0n) is 8.04. The van der Waals surface area contributed by atoms with Crippen molar-refractivity contribution in [3.8, 4) is 0 Å². The molecule has 0 radical (unpaired) electrons. The normalized spacial score (nSPS) is 9.46. The molecule has 0 aliphatic heterocycles. The first-order valence-corrected chi connectivity index (χ1v) is 4.79. The molecule has 13 heavy (non-hydrogen) atoms. The fraction of sp³-hybridized carbons (Fsp3) is 0.333. The molecule has 1 heterocycles. The number of H-pyrrole nitrogens is 1. The van der Waals surface area contributed by atoms with E-state index in [0.29, 0.717) is 5.45 Å². The van der Waals surface area contributed by atoms with Gasteiger partial charge in [-0.15, -0.1) is 0 Å². The van der Waals surface area contributed by atoms with Crippen LogP contribution < -0.4 is 0 Å². The van der Waals surface area contributed by atoms with Gasteiger partial charge in [-0.1, -0.05) is 29.5 Å². The molecule has 0 bridgehead atoms. The van der Waals surface area contributed by atoms with Crippen LogP contribution in [0.15, 0.2) is 18.5 Å². The SMILES string of the molecule is CCC.N=C(P)/C=C\c1ncc[nH]1. The predicted octanol–water partition coefficient (Wildman–Crippen LogP) is 2.69. The highest BCUT2D eigenvalue weighted by Crippen LogP contribution is 1.94. The molecule has 0 fully saturated rings. The molecule has 0 aromatic carbocycles. The number of aromatic nitrogens is 2. The monoisotopic (exact) mass is 197 g/mol. The van der Waals surface area contributed by atoms with Crippen LogP contribution >= 0.6 is 9.24 Å². The van der Waals surface area contributed by atoms with Crippen molar-refractivity contribution in [1.29, 1.82) is 5.41 Å². The zero-order valence-corrected chi connectivity index (χ0v) is 9.20. The molecule has 0 amide bonds. The lowest BCUT2D eigenvalue weighted by atomic mass is 10.5. The van der Waals surface area contributed by atoms with Gasteiger partial charge in [-0.2, -0.15) is 0 Å². The highest BCUT2D eigenvalue weighted by atomic mass is 31.0. The third-order valence-electron chi connectivity index (χ3n) is 0.940. The maximum atomic E-state index is 7.03. The lowest BCUT2D eigenvalue weighted by Gasteiger charge is -1.81. The number of imidazole rings is 1. The molecule has 0 saturated heterocycles. The van der Waals surface area contributed by atoms with Gasteiger partial charge in [-0.05, 0) is 12.2 Å². The van der Waals surface area contributed by atoms with Gasteiger partial charge in [0, 0.05) is 17.8 Å². The standard InChI is InChI=1S/C6H8N3P.C3H8/c7-5(10)1-2-6-8-3-4-9-6;1-3-2/h1-4,7H,10H2,(H,8,9);3H2,1-2H3/b2-1-,7-5?;. The Balaban J connectivity index is 0.000000424. The second-order valence-electron chi connectivity index (χ2n) is 2.47. The summed E-state index contributed by atoms with van der Waals surface area (Å²) in [5.74, 6) is 0.771. The van der Waals surface area contributed by atoms with E-state index < -0.39 is 0 Å². The molecule has 1 unspecified atom stereocenters. The highest BCUT2D eigenvalue weighted by Gasteiger charge is 1.84. The van der Waals surface area contributed by atoms with Gasteiger partial charge < -0.3 is 10.4 Å². The van der Waals surface area contributed by atoms with Crippen LogP contribution in [0.3, 0.4) is 0 Å². The summed E-state index contributed by atoms with van der Waals surface area (Å²) in [6.07, 6.45) is 8.07. The summed E-state index contributed by atoms with van der Waals surface area (Å²) in [6, 6.07) is 0. The van der Waals surface area contributed by atoms with Crippen LogP contribution in [0.4, 0.5) is 0 Å². The molecule has 2 N–H and O–H groups in total. The van der Waals surface area contributed by atoms with Crippen molar-refractivity contribution in [2.75, 3.05) is 0 Å². The topological polar surface area (TPSA) is 52.5 Å². The van der Waals surface area contributed by atoms with E-state index in [-0.39, 0.29) is 0 Å². The van der Waals surface area contributed by atoms with E-state index in [1.165, 1.54) is 6.42 Å². The molecular weight excluding hydrogens is 181 g/mol. The summed E-state index contributed by atoms with van der Waals surface area (Å²) in [5.41, 5.74) is 0.441. The van der Waals surface area contributed by atoms with Gasteiger partial charge in [0.25, 0.3) is 0 Å². The van der Waals surface area contributed by atoms with E-state index in [4.69, 9.17) is 5.41 Å². The number of nitrogens with zero attached hydrogens (tertiary/aromatic N) is 1. The fourth-order valence-corrected chi connectivity index (χ4v) is 0.634. The molecule has 1 atom stereocenters. The minimum atomic E-state index is 0.441. The van der Waals surface area contributed by atoms with E-state index in [2.05, 4.69) is 33.1 Å². The Morgan fingerprint density at radius 3 is 2.69 bits per heavy atom. The number of rotatable bonds is 2. The van der Waals surface area contributed by atoms with Crippen molar-refractivity contribution in [3.63, 3.8) is 0 Å². The Kier molecular flexibility index (Phi) is 7.12. The molecular formula is C9H16N3P. The second-order valence-corrected chi connectivity index (χ2v) is 3.09. The number of hydrogen-bond donors (Lipinski definition) is 2. The van der Waals surface area contributed by atoms with Crippen molar-refractivity contribution in [1.82, 2.24) is 9.97 Å². The van der Waals surface area contributed by atoms with Gasteiger partial charge in [-0.25, -0.2) is 4.98 Å². The average molecular weight is 197 g/mol. The summed E-state index contributed by atoms with van der Waals surface area (Å²) in [5, 5.41) is 7.03. The van der Waals surface area contributed by atoms with Crippen molar-refractivity contribution in [2.24, 2.45) is 0 Å². The summed E-state index contributed by atoms with van der Waals surface area (Å²) in [4.78, 5) is 6.83. The smallest absolute Gasteiger partial charge is 0.130 e. The van der Waals surface area contributed by atoms with Crippen LogP contribution in [-0.2, 0) is 0 Å². The quantitative estimate of drug-likeness (QED) is 0.555. The lowest BCUT2D eigenvalue weighted by Crippen LogP contribution is -1.75. The van der Waals surface area contributed by atoms with Crippen LogP contribution in [-0.4, -0.2) is 15.4 Å². The molecule has 0 saturated carbocycles. The first kappa shape index (κ1) is 12.0. The fourth-order valence-electron chi connectivity index (χ4n) is 0.537. The minimum absolute atomic E-state index is 0.441. The average Bonchev–Trinajstić information content (AvgIpc) is 2.54. The van der Waals surface area contributed by atoms with Crippen molar-refractivity contribution in [2.45, 2.75) is 20.3 Å². The predicted molar refractivity (Wildman–Crippen MR) is 61.0 cm³/mol. The highest BCUT2D eigenvalue weighted by molar-refractivity contribution is 7.41. The molecule has 1 aromatic rings. The van der Waals surface area contributed by atoms with Crippen LogP contribution in [0.1, 0.15) is 26.1 Å². The summed E-state index contributed by atoms with van der Waals surface area (Å²) in [7, 11) is 2.28. The van der Waals surface area contributed by atoms with Crippen molar-refractivity contribution < 1.29 is 0 Å². The third-order valence-corrected chi connectivity index (χ3v) is 1.13. The molecule has 0 spiro atoms. The Morgan fingerprint density at radius 2 is 2.31 bits per heavy atom. The van der Waals surface area contributed by atoms with Crippen molar-refractivity contribution in [3.05, 3.63) is 24.3 Å². The molecule has 3 nitrogen and oxygen atoms in total. The van der Waals surface area contributed by atoms with Gasteiger partial charge in [0.1, 0.15) is 5.82 Å². The van der Waals surface area contributed by atoms with Gasteiger partial charge >= 0.3 is 0 Å². The second kappa shape index (κ2) is 7.69. The number of allylic oxidation sites excluding steroid dienone is 1. The Labute approximate surface area is 81.4 Å². The van der Waals surface area contributed by atoms with Gasteiger partial charge in [0.15, 0.2) is 0 Å². The van der Waals surface area contributed by atoms with E-state index >= 15 is 0 Å². The summed E-state index contributed by atoms with van der Waals surface area (Å²) in [6.45, 7) is 4.25. The van der Waals surface area contributed by atoms with Crippen LogP contribution in [0.25, 0.3) is 6.08 Å². The molecule has 0 aliphatic rings. The Hall–Kier alpha value is -0.950. The van der Waals surface area contributed by atoms with Gasteiger partial charge in [0.05, 0.1) is 0 Å². The number of hydrogen-bond acceptors (Lipinski definition) is 2. The van der Waals surface area contributed by atoms with Crippen molar-refractivity contribution >= 4 is 20.8 Å². The number of aromatic amines is 1. The van der Waals surface area contributed by atoms with Gasteiger partial charge in [-0.3, -0.25) is 0 Å². The maximum Gasteiger partial charge on any atom is 0.130 e. The van der Waals surface area contributed by atoms with Crippen LogP contribution in [0.2, 0.25) is 0 Å². The van der Waals surface area contributed by atoms with E-state index in [1.807, 2.05) is 0 Å². The summed E-state index contributed by atoms with van der Waals surface area (Å²) < 4.78 is 0. The van der Waals surface area contributed by atoms with E-state index in [0.717, 1.165) is 5.82 Å². The van der Waals surface area contributed by atoms with Crippen LogP contribution in [0, 0.1) is 5.41 Å². The molecule has 72 valence electrons. The first-order chi connectivity index (χ1) is 6.20. The molecule has 1 rings (SSSR count). The Bertz CT molecular complexity index is 252. The van der Waals surface area contributed by atoms with E-state index in [1.54, 1.807) is 24.5 Å². The largest absolute Gasteiger partial charge is 0.345 e. The third kappa shape index (κ3) is 7.41. The van der Waals surface area contributed by atoms with Crippen LogP contribution in [0.5, 0.6) is 0 Å². The maximum absolute atomic E-state index is 7.03. The molecule has 4 heteroatoms. The van der Waals surface area contributed by atoms with E-state index in [9.17, 15) is 0 Å². The molecule has 1 aromatic heterocycles. The lowest BCUT2D eigenvalue weighted by molar-refractivity contribution is 1.09. The first-order valence-electron chi connectivity index (χ1n) is 4.22. The summed E-state index contributed by atoms with van der Waals surface area (Å²) >= 11 is 0. The number of nitrogens with one attached hydrogen (secondary N) is 2. The zero-order chi connectivity index (χ0) is 10.1.